The number of nitrogens with one attached hydrogen (secondary N) is 1. The molecule has 0 atom stereocenters. The lowest BCUT2D eigenvalue weighted by Crippen LogP contribution is -2.61. The summed E-state index contributed by atoms with van der Waals surface area (Å²) in [5, 5.41) is 7.98. The van der Waals surface area contributed by atoms with Crippen LogP contribution in [0.5, 0.6) is 5.88 Å². The second-order valence-corrected chi connectivity index (χ2v) is 9.32. The molecule has 154 valence electrons. The molecule has 0 unspecified atom stereocenters. The first kappa shape index (κ1) is 19.9. The number of likely N-dealkylation sites (tertiary alicyclic amines) is 1. The first-order valence-electron chi connectivity index (χ1n) is 9.76. The van der Waals surface area contributed by atoms with Gasteiger partial charge in [0.05, 0.1) is 30.4 Å². The van der Waals surface area contributed by atoms with Gasteiger partial charge in [-0.3, -0.25) is 4.85 Å². The van der Waals surface area contributed by atoms with Crippen LogP contribution in [0.1, 0.15) is 32.4 Å². The van der Waals surface area contributed by atoms with Crippen LogP contribution in [-0.2, 0) is 5.66 Å². The zero-order chi connectivity index (χ0) is 20.8. The van der Waals surface area contributed by atoms with Crippen LogP contribution in [0.3, 0.4) is 0 Å². The molecule has 2 aromatic heterocycles. The van der Waals surface area contributed by atoms with E-state index in [1.165, 1.54) is 32.1 Å². The molecule has 2 aliphatic rings. The minimum atomic E-state index is -0.755. The Hall–Kier alpha value is -2.37. The van der Waals surface area contributed by atoms with Gasteiger partial charge in [-0.2, -0.15) is 14.8 Å². The Bertz CT molecular complexity index is 950. The molecule has 0 bridgehead atoms. The van der Waals surface area contributed by atoms with Gasteiger partial charge in [0.25, 0.3) is 0 Å². The van der Waals surface area contributed by atoms with Crippen LogP contribution in [-0.4, -0.2) is 51.4 Å². The zero-order valence-electron chi connectivity index (χ0n) is 17.2. The van der Waals surface area contributed by atoms with Crippen LogP contribution in [0, 0.1) is 24.8 Å². The molecule has 4 rings (SSSR count). The normalized spacial score (nSPS) is 18.8. The molecule has 1 aliphatic carbocycles. The molecule has 1 spiro atoms. The van der Waals surface area contributed by atoms with Crippen LogP contribution >= 0.6 is 11.6 Å². The van der Waals surface area contributed by atoms with Gasteiger partial charge >= 0.3 is 5.66 Å². The fraction of sp³-hybridized carbons (Fsp3) is 0.600. The van der Waals surface area contributed by atoms with Crippen LogP contribution in [0.25, 0.3) is 4.85 Å². The lowest BCUT2D eigenvalue weighted by atomic mass is 9.58. The van der Waals surface area contributed by atoms with Crippen LogP contribution in [0.2, 0.25) is 5.02 Å². The number of anilines is 2. The Kier molecular flexibility index (Phi) is 4.91. The summed E-state index contributed by atoms with van der Waals surface area (Å²) in [5.74, 6) is 1.34. The Balaban J connectivity index is 1.39. The lowest BCUT2D eigenvalue weighted by molar-refractivity contribution is -0.0917. The van der Waals surface area contributed by atoms with E-state index in [9.17, 15) is 0 Å². The third-order valence-corrected chi connectivity index (χ3v) is 6.06. The molecule has 0 aromatic carbocycles. The number of hydrogen-bond donors (Lipinski definition) is 1. The van der Waals surface area contributed by atoms with Gasteiger partial charge in [0.1, 0.15) is 5.02 Å². The van der Waals surface area contributed by atoms with Crippen molar-refractivity contribution in [3.63, 3.8) is 0 Å². The van der Waals surface area contributed by atoms with Crippen molar-refractivity contribution in [1.29, 1.82) is 0 Å². The minimum absolute atomic E-state index is 0.387. The van der Waals surface area contributed by atoms with E-state index in [4.69, 9.17) is 22.9 Å². The quantitative estimate of drug-likeness (QED) is 0.725. The number of aromatic nitrogens is 4. The molecule has 0 amide bonds. The van der Waals surface area contributed by atoms with Crippen LogP contribution in [0.15, 0.2) is 12.4 Å². The second-order valence-electron chi connectivity index (χ2n) is 8.91. The van der Waals surface area contributed by atoms with Gasteiger partial charge in [0.2, 0.25) is 11.8 Å². The van der Waals surface area contributed by atoms with E-state index in [1.807, 2.05) is 20.8 Å². The van der Waals surface area contributed by atoms with Crippen LogP contribution < -0.4 is 10.1 Å². The first-order valence-corrected chi connectivity index (χ1v) is 10.1. The maximum Gasteiger partial charge on any atom is 0.319 e. The van der Waals surface area contributed by atoms with Crippen LogP contribution in [0.4, 0.5) is 11.6 Å². The van der Waals surface area contributed by atoms with E-state index >= 15 is 0 Å². The van der Waals surface area contributed by atoms with Gasteiger partial charge in [0, 0.05) is 26.9 Å². The molecule has 2 aromatic rings. The summed E-state index contributed by atoms with van der Waals surface area (Å²) in [6.45, 7) is 15.8. The number of halogens is 1. The number of hydrogen-bond acceptors (Lipinski definition) is 6. The average Bonchev–Trinajstić information content (AvgIpc) is 2.99. The maximum atomic E-state index is 7.33. The van der Waals surface area contributed by atoms with Crippen molar-refractivity contribution in [3.05, 3.63) is 34.5 Å². The van der Waals surface area contributed by atoms with E-state index in [0.29, 0.717) is 34.8 Å². The zero-order valence-corrected chi connectivity index (χ0v) is 18.0. The van der Waals surface area contributed by atoms with Crippen molar-refractivity contribution in [1.82, 2.24) is 24.6 Å². The Morgan fingerprint density at radius 3 is 2.79 bits per heavy atom. The number of rotatable bonds is 6. The molecule has 1 N–H and O–H groups in total. The fourth-order valence-electron chi connectivity index (χ4n) is 4.38. The standard InChI is InChI=1S/C20H26ClN7O/c1-13-16(9-28(26-13)19(2,3)22-4)24-18-23-8-15(21)17(25-18)29-10-14-6-20(7-14)11-27(5)12-20/h8-9,14H,6-7,10-12H2,1-3,5H3,(H,23,24,25). The van der Waals surface area contributed by atoms with E-state index in [1.54, 1.807) is 10.9 Å². The highest BCUT2D eigenvalue weighted by Crippen LogP contribution is 2.51. The molecule has 1 saturated carbocycles. The van der Waals surface area contributed by atoms with E-state index < -0.39 is 5.66 Å². The minimum Gasteiger partial charge on any atom is -0.476 e. The summed E-state index contributed by atoms with van der Waals surface area (Å²) in [6.07, 6.45) is 5.74. The van der Waals surface area contributed by atoms with E-state index in [0.717, 1.165) is 11.4 Å². The van der Waals surface area contributed by atoms with Gasteiger partial charge in [0.15, 0.2) is 0 Å². The third-order valence-electron chi connectivity index (χ3n) is 5.80. The topological polar surface area (TPSA) is 72.5 Å². The smallest absolute Gasteiger partial charge is 0.319 e. The van der Waals surface area contributed by atoms with Gasteiger partial charge in [-0.1, -0.05) is 11.6 Å². The molecule has 1 saturated heterocycles. The fourth-order valence-corrected chi connectivity index (χ4v) is 4.53. The Morgan fingerprint density at radius 1 is 1.41 bits per heavy atom. The van der Waals surface area contributed by atoms with Gasteiger partial charge in [-0.05, 0) is 38.1 Å². The van der Waals surface area contributed by atoms with Gasteiger partial charge in [-0.25, -0.2) is 11.6 Å². The SMILES string of the molecule is [C-]#[N+]C(C)(C)n1cc(Nc2ncc(Cl)c(OCC3CC4(C3)CN(C)C4)n2)c(C)n1. The molecule has 3 heterocycles. The molecule has 29 heavy (non-hydrogen) atoms. The van der Waals surface area contributed by atoms with Crippen molar-refractivity contribution >= 4 is 23.2 Å². The third kappa shape index (κ3) is 3.89. The molecule has 9 heteroatoms. The van der Waals surface area contributed by atoms with Crippen molar-refractivity contribution in [2.75, 3.05) is 32.1 Å². The number of aryl methyl sites for hydroxylation is 1. The highest BCUT2D eigenvalue weighted by molar-refractivity contribution is 6.31. The predicted octanol–water partition coefficient (Wildman–Crippen LogP) is 3.71. The molecule has 8 nitrogen and oxygen atoms in total. The Labute approximate surface area is 176 Å². The molecular weight excluding hydrogens is 390 g/mol. The lowest BCUT2D eigenvalue weighted by Gasteiger charge is -2.58. The average molecular weight is 416 g/mol. The largest absolute Gasteiger partial charge is 0.476 e. The molecule has 0 radical (unpaired) electrons. The summed E-state index contributed by atoms with van der Waals surface area (Å²) < 4.78 is 7.55. The highest BCUT2D eigenvalue weighted by atomic mass is 35.5. The second kappa shape index (κ2) is 7.15. The van der Waals surface area contributed by atoms with E-state index in [2.05, 4.69) is 37.2 Å². The summed E-state index contributed by atoms with van der Waals surface area (Å²) in [7, 11) is 2.17. The summed E-state index contributed by atoms with van der Waals surface area (Å²) in [6, 6.07) is 0. The predicted molar refractivity (Wildman–Crippen MR) is 111 cm³/mol. The summed E-state index contributed by atoms with van der Waals surface area (Å²) >= 11 is 6.24. The first-order chi connectivity index (χ1) is 13.7. The molecule has 1 aliphatic heterocycles. The number of nitrogens with zero attached hydrogens (tertiary/aromatic N) is 6. The van der Waals surface area contributed by atoms with Gasteiger partial charge in [-0.15, -0.1) is 0 Å². The van der Waals surface area contributed by atoms with Gasteiger partial charge < -0.3 is 15.0 Å². The maximum absolute atomic E-state index is 7.33. The van der Waals surface area contributed by atoms with Crippen molar-refractivity contribution in [3.8, 4) is 5.88 Å². The monoisotopic (exact) mass is 415 g/mol. The Morgan fingerprint density at radius 2 is 2.14 bits per heavy atom. The summed E-state index contributed by atoms with van der Waals surface area (Å²) in [5.41, 5.74) is 1.27. The van der Waals surface area contributed by atoms with Crippen molar-refractivity contribution in [2.24, 2.45) is 11.3 Å². The molecule has 2 fully saturated rings. The van der Waals surface area contributed by atoms with E-state index in [-0.39, 0.29) is 0 Å². The summed E-state index contributed by atoms with van der Waals surface area (Å²) in [4.78, 5) is 14.6. The molecular formula is C20H26ClN7O. The van der Waals surface area contributed by atoms with Crippen molar-refractivity contribution < 1.29 is 4.74 Å². The number of ether oxygens (including phenoxy) is 1. The van der Waals surface area contributed by atoms with Crippen molar-refractivity contribution in [2.45, 2.75) is 39.3 Å². The highest BCUT2D eigenvalue weighted by Gasteiger charge is 2.51.